The molecule has 0 radical (unpaired) electrons. The summed E-state index contributed by atoms with van der Waals surface area (Å²) in [7, 11) is 1.60. The lowest BCUT2D eigenvalue weighted by Gasteiger charge is -2.19. The highest BCUT2D eigenvalue weighted by Gasteiger charge is 2.23. The van der Waals surface area contributed by atoms with Crippen molar-refractivity contribution in [2.75, 3.05) is 7.11 Å². The first-order valence-electron chi connectivity index (χ1n) is 10.3. The third-order valence-corrected chi connectivity index (χ3v) is 5.08. The lowest BCUT2D eigenvalue weighted by atomic mass is 9.88. The second-order valence-corrected chi connectivity index (χ2v) is 7.28. The van der Waals surface area contributed by atoms with Crippen LogP contribution in [0.1, 0.15) is 36.0 Å². The van der Waals surface area contributed by atoms with E-state index in [4.69, 9.17) is 9.47 Å². The van der Waals surface area contributed by atoms with Crippen LogP contribution >= 0.6 is 0 Å². The Balaban J connectivity index is 1.57. The highest BCUT2D eigenvalue weighted by Crippen LogP contribution is 2.28. The van der Waals surface area contributed by atoms with Crippen molar-refractivity contribution in [1.82, 2.24) is 5.32 Å². The molecule has 0 aliphatic carbocycles. The third kappa shape index (κ3) is 6.44. The summed E-state index contributed by atoms with van der Waals surface area (Å²) in [6, 6.07) is 27.1. The zero-order chi connectivity index (χ0) is 22.1. The molecule has 1 atom stereocenters. The van der Waals surface area contributed by atoms with Gasteiger partial charge in [-0.05, 0) is 35.7 Å². The van der Waals surface area contributed by atoms with Crippen LogP contribution < -0.4 is 10.1 Å². The molecule has 0 heterocycles. The van der Waals surface area contributed by atoms with Crippen LogP contribution in [0.15, 0.2) is 84.9 Å². The van der Waals surface area contributed by atoms with Crippen LogP contribution in [0.4, 0.5) is 0 Å². The summed E-state index contributed by atoms with van der Waals surface area (Å²) in [6.45, 7) is 1.93. The molecular formula is C26H27NO4. The van der Waals surface area contributed by atoms with Crippen molar-refractivity contribution < 1.29 is 19.1 Å². The summed E-state index contributed by atoms with van der Waals surface area (Å²) >= 11 is 0. The van der Waals surface area contributed by atoms with E-state index in [2.05, 4.69) is 5.32 Å². The molecule has 3 aromatic rings. The fourth-order valence-corrected chi connectivity index (χ4v) is 3.34. The van der Waals surface area contributed by atoms with E-state index in [1.54, 1.807) is 14.0 Å². The van der Waals surface area contributed by atoms with E-state index in [0.717, 1.165) is 22.4 Å². The zero-order valence-electron chi connectivity index (χ0n) is 17.8. The first-order chi connectivity index (χ1) is 15.1. The van der Waals surface area contributed by atoms with E-state index in [1.165, 1.54) is 0 Å². The highest BCUT2D eigenvalue weighted by molar-refractivity contribution is 5.83. The smallest absolute Gasteiger partial charge is 0.307 e. The Labute approximate surface area is 183 Å². The molecular weight excluding hydrogens is 390 g/mol. The normalized spacial score (nSPS) is 11.6. The van der Waals surface area contributed by atoms with Crippen molar-refractivity contribution in [1.29, 1.82) is 0 Å². The van der Waals surface area contributed by atoms with Crippen LogP contribution in [0.25, 0.3) is 0 Å². The van der Waals surface area contributed by atoms with Crippen LogP contribution in [0.2, 0.25) is 0 Å². The van der Waals surface area contributed by atoms with Gasteiger partial charge in [-0.1, -0.05) is 72.8 Å². The lowest BCUT2D eigenvalue weighted by Crippen LogP contribution is -2.35. The highest BCUT2D eigenvalue weighted by atomic mass is 16.5. The molecule has 0 aromatic heterocycles. The minimum absolute atomic E-state index is 0.135. The number of methoxy groups -OCH3 is 1. The van der Waals surface area contributed by atoms with Crippen molar-refractivity contribution in [2.24, 2.45) is 0 Å². The predicted octanol–water partition coefficient (Wildman–Crippen LogP) is 4.47. The standard InChI is InChI=1S/C26H27NO4/c1-19(26(29)27-18-20-13-15-23(30-2)16-14-20)31-25(28)17-24(21-9-5-3-6-10-21)22-11-7-4-8-12-22/h3-16,19,24H,17-18H2,1-2H3,(H,27,29)/t19-/m0/s1. The largest absolute Gasteiger partial charge is 0.497 e. The molecule has 1 amide bonds. The summed E-state index contributed by atoms with van der Waals surface area (Å²) in [5, 5.41) is 2.80. The minimum atomic E-state index is -0.877. The van der Waals surface area contributed by atoms with Crippen molar-refractivity contribution in [2.45, 2.75) is 31.9 Å². The van der Waals surface area contributed by atoms with Gasteiger partial charge in [0.25, 0.3) is 5.91 Å². The van der Waals surface area contributed by atoms with Gasteiger partial charge in [0.1, 0.15) is 5.75 Å². The van der Waals surface area contributed by atoms with Crippen molar-refractivity contribution in [3.63, 3.8) is 0 Å². The molecule has 3 rings (SSSR count). The Hall–Kier alpha value is -3.60. The van der Waals surface area contributed by atoms with Crippen molar-refractivity contribution >= 4 is 11.9 Å². The van der Waals surface area contributed by atoms with Crippen LogP contribution in [-0.2, 0) is 20.9 Å². The topological polar surface area (TPSA) is 64.6 Å². The van der Waals surface area contributed by atoms with Crippen molar-refractivity contribution in [3.05, 3.63) is 102 Å². The molecule has 0 spiro atoms. The fourth-order valence-electron chi connectivity index (χ4n) is 3.34. The van der Waals surface area contributed by atoms with Gasteiger partial charge in [0.2, 0.25) is 0 Å². The Bertz CT molecular complexity index is 932. The molecule has 5 heteroatoms. The van der Waals surface area contributed by atoms with Crippen LogP contribution in [0, 0.1) is 0 Å². The second kappa shape index (κ2) is 11.0. The molecule has 0 aliphatic rings. The zero-order valence-corrected chi connectivity index (χ0v) is 17.8. The van der Waals surface area contributed by atoms with Gasteiger partial charge in [-0.2, -0.15) is 0 Å². The molecule has 3 aromatic carbocycles. The van der Waals surface area contributed by atoms with Gasteiger partial charge >= 0.3 is 5.97 Å². The Kier molecular flexibility index (Phi) is 7.82. The SMILES string of the molecule is COc1ccc(CNC(=O)[C@H](C)OC(=O)CC(c2ccccc2)c2ccccc2)cc1. The van der Waals surface area contributed by atoms with Gasteiger partial charge < -0.3 is 14.8 Å². The molecule has 0 saturated heterocycles. The van der Waals surface area contributed by atoms with E-state index < -0.39 is 12.1 Å². The van der Waals surface area contributed by atoms with Crippen LogP contribution in [0.5, 0.6) is 5.75 Å². The lowest BCUT2D eigenvalue weighted by molar-refractivity contribution is -0.155. The number of rotatable bonds is 9. The number of benzene rings is 3. The molecule has 160 valence electrons. The first kappa shape index (κ1) is 22.1. The van der Waals surface area contributed by atoms with Crippen LogP contribution in [-0.4, -0.2) is 25.1 Å². The summed E-state index contributed by atoms with van der Waals surface area (Å²) in [4.78, 5) is 25.0. The van der Waals surface area contributed by atoms with E-state index in [0.29, 0.717) is 6.54 Å². The maximum Gasteiger partial charge on any atom is 0.307 e. The number of nitrogens with one attached hydrogen (secondary N) is 1. The molecule has 0 saturated carbocycles. The van der Waals surface area contributed by atoms with Gasteiger partial charge in [-0.15, -0.1) is 0 Å². The average Bonchev–Trinajstić information content (AvgIpc) is 2.82. The maximum atomic E-state index is 12.6. The number of hydrogen-bond acceptors (Lipinski definition) is 4. The third-order valence-electron chi connectivity index (χ3n) is 5.08. The molecule has 0 fully saturated rings. The average molecular weight is 418 g/mol. The predicted molar refractivity (Wildman–Crippen MR) is 120 cm³/mol. The number of carbonyl (C=O) groups excluding carboxylic acids is 2. The van der Waals surface area contributed by atoms with E-state index in [-0.39, 0.29) is 18.2 Å². The summed E-state index contributed by atoms with van der Waals surface area (Å²) in [5.74, 6) is -0.127. The quantitative estimate of drug-likeness (QED) is 0.522. The van der Waals surface area contributed by atoms with Gasteiger partial charge in [0.15, 0.2) is 6.10 Å². The fraction of sp³-hybridized carbons (Fsp3) is 0.231. The number of ether oxygens (including phenoxy) is 2. The number of hydrogen-bond donors (Lipinski definition) is 1. The first-order valence-corrected chi connectivity index (χ1v) is 10.3. The minimum Gasteiger partial charge on any atom is -0.497 e. The van der Waals surface area contributed by atoms with E-state index >= 15 is 0 Å². The Morgan fingerprint density at radius 2 is 1.39 bits per heavy atom. The number of amides is 1. The summed E-state index contributed by atoms with van der Waals surface area (Å²) in [5.41, 5.74) is 2.99. The molecule has 0 bridgehead atoms. The van der Waals surface area contributed by atoms with Crippen LogP contribution in [0.3, 0.4) is 0 Å². The van der Waals surface area contributed by atoms with Gasteiger partial charge in [-0.25, -0.2) is 0 Å². The number of esters is 1. The molecule has 5 nitrogen and oxygen atoms in total. The van der Waals surface area contributed by atoms with E-state index in [1.807, 2.05) is 84.9 Å². The Morgan fingerprint density at radius 3 is 1.90 bits per heavy atom. The molecule has 0 unspecified atom stereocenters. The second-order valence-electron chi connectivity index (χ2n) is 7.28. The monoisotopic (exact) mass is 417 g/mol. The van der Waals surface area contributed by atoms with Gasteiger partial charge in [0.05, 0.1) is 13.5 Å². The number of carbonyl (C=O) groups is 2. The molecule has 0 aliphatic heterocycles. The van der Waals surface area contributed by atoms with E-state index in [9.17, 15) is 9.59 Å². The summed E-state index contributed by atoms with van der Waals surface area (Å²) in [6.07, 6.45) is -0.720. The van der Waals surface area contributed by atoms with Crippen molar-refractivity contribution in [3.8, 4) is 5.75 Å². The molecule has 31 heavy (non-hydrogen) atoms. The van der Waals surface area contributed by atoms with Gasteiger partial charge in [0, 0.05) is 12.5 Å². The summed E-state index contributed by atoms with van der Waals surface area (Å²) < 4.78 is 10.6. The van der Waals surface area contributed by atoms with Gasteiger partial charge in [-0.3, -0.25) is 9.59 Å². The Morgan fingerprint density at radius 1 is 0.839 bits per heavy atom. The molecule has 1 N–H and O–H groups in total. The maximum absolute atomic E-state index is 12.6.